The molecule has 0 radical (unpaired) electrons. The van der Waals surface area contributed by atoms with Crippen molar-refractivity contribution in [1.82, 2.24) is 0 Å². The molecule has 6 nitrogen and oxygen atoms in total. The van der Waals surface area contributed by atoms with E-state index in [4.69, 9.17) is 4.74 Å². The normalized spacial score (nSPS) is 10.8. The van der Waals surface area contributed by atoms with Crippen LogP contribution in [0.3, 0.4) is 0 Å². The van der Waals surface area contributed by atoms with Crippen molar-refractivity contribution in [1.29, 1.82) is 0 Å². The summed E-state index contributed by atoms with van der Waals surface area (Å²) in [4.78, 5) is 12.4. The Hall–Kier alpha value is -2.32. The molecule has 0 aliphatic rings. The molecule has 2 aromatic rings. The molecule has 0 bridgehead atoms. The van der Waals surface area contributed by atoms with Crippen molar-refractivity contribution in [2.24, 2.45) is 0 Å². The molecule has 26 heavy (non-hydrogen) atoms. The molecule has 0 fully saturated rings. The molecule has 0 heterocycles. The van der Waals surface area contributed by atoms with Crippen LogP contribution >= 0.6 is 15.9 Å². The third kappa shape index (κ3) is 5.89. The predicted molar refractivity (Wildman–Crippen MR) is 107 cm³/mol. The number of hydrogen-bond acceptors (Lipinski definition) is 4. The van der Waals surface area contributed by atoms with E-state index in [1.54, 1.807) is 54.6 Å². The first-order chi connectivity index (χ1) is 12.3. The maximum atomic E-state index is 12.4. The quantitative estimate of drug-likeness (QED) is 0.640. The van der Waals surface area contributed by atoms with E-state index in [1.165, 1.54) is 0 Å². The van der Waals surface area contributed by atoms with E-state index >= 15 is 0 Å². The van der Waals surface area contributed by atoms with Crippen LogP contribution in [0.1, 0.15) is 0 Å². The number of carbonyl (C=O) groups excluding carboxylic acids is 1. The largest absolute Gasteiger partial charge is 0.489 e. The first kappa shape index (κ1) is 20.0. The zero-order chi connectivity index (χ0) is 19.2. The molecule has 0 atom stereocenters. The molecule has 0 saturated carbocycles. The summed E-state index contributed by atoms with van der Waals surface area (Å²) in [6, 6.07) is 13.6. The van der Waals surface area contributed by atoms with Gasteiger partial charge in [-0.3, -0.25) is 9.10 Å². The minimum atomic E-state index is -3.63. The number of benzene rings is 2. The lowest BCUT2D eigenvalue weighted by Crippen LogP contribution is -2.37. The average molecular weight is 439 g/mol. The summed E-state index contributed by atoms with van der Waals surface area (Å²) in [6.07, 6.45) is 2.68. The number of ether oxygens (including phenoxy) is 1. The predicted octanol–water partition coefficient (Wildman–Crippen LogP) is 3.42. The number of halogens is 1. The molecule has 2 rings (SSSR count). The number of sulfonamides is 1. The summed E-state index contributed by atoms with van der Waals surface area (Å²) in [7, 11) is -3.63. The van der Waals surface area contributed by atoms with Gasteiger partial charge in [0, 0.05) is 16.2 Å². The Labute approximate surface area is 161 Å². The molecule has 8 heteroatoms. The topological polar surface area (TPSA) is 75.7 Å². The minimum absolute atomic E-state index is 0.340. The molecular formula is C18H19BrN2O4S. The number of nitrogens with one attached hydrogen (secondary N) is 1. The highest BCUT2D eigenvalue weighted by molar-refractivity contribution is 9.10. The van der Waals surface area contributed by atoms with Crippen LogP contribution in [0, 0.1) is 0 Å². The van der Waals surface area contributed by atoms with Gasteiger partial charge in [-0.2, -0.15) is 0 Å². The van der Waals surface area contributed by atoms with Gasteiger partial charge in [0.25, 0.3) is 0 Å². The smallest absolute Gasteiger partial charge is 0.245 e. The van der Waals surface area contributed by atoms with Crippen molar-refractivity contribution in [3.8, 4) is 5.75 Å². The van der Waals surface area contributed by atoms with Gasteiger partial charge in [0.05, 0.1) is 11.9 Å². The molecule has 138 valence electrons. The summed E-state index contributed by atoms with van der Waals surface area (Å²) in [6.45, 7) is 3.59. The van der Waals surface area contributed by atoms with E-state index in [1.807, 2.05) is 0 Å². The van der Waals surface area contributed by atoms with Gasteiger partial charge in [-0.1, -0.05) is 40.7 Å². The summed E-state index contributed by atoms with van der Waals surface area (Å²) >= 11 is 3.30. The molecular weight excluding hydrogens is 420 g/mol. The summed E-state index contributed by atoms with van der Waals surface area (Å²) < 4.78 is 31.4. The van der Waals surface area contributed by atoms with Crippen molar-refractivity contribution in [3.05, 3.63) is 65.7 Å². The Morgan fingerprint density at radius 2 is 2.00 bits per heavy atom. The highest BCUT2D eigenvalue weighted by Gasteiger charge is 2.21. The van der Waals surface area contributed by atoms with Crippen LogP contribution in [0.5, 0.6) is 5.75 Å². The standard InChI is InChI=1S/C18H19BrN2O4S/c1-3-10-25-17-9-5-7-15(12-17)20-18(22)13-21(26(2,23)24)16-8-4-6-14(19)11-16/h3-9,11-12H,1,10,13H2,2H3,(H,20,22). The van der Waals surface area contributed by atoms with Crippen LogP contribution < -0.4 is 14.4 Å². The van der Waals surface area contributed by atoms with Crippen molar-refractivity contribution >= 4 is 43.2 Å². The molecule has 0 aliphatic heterocycles. The lowest BCUT2D eigenvalue weighted by Gasteiger charge is -2.22. The zero-order valence-electron chi connectivity index (χ0n) is 14.2. The second-order valence-corrected chi connectivity index (χ2v) is 8.25. The number of hydrogen-bond donors (Lipinski definition) is 1. The summed E-state index contributed by atoms with van der Waals surface area (Å²) in [5.41, 5.74) is 0.916. The molecule has 0 spiro atoms. The van der Waals surface area contributed by atoms with Gasteiger partial charge in [-0.05, 0) is 30.3 Å². The van der Waals surface area contributed by atoms with Crippen molar-refractivity contribution in [2.45, 2.75) is 0 Å². The molecule has 2 aromatic carbocycles. The van der Waals surface area contributed by atoms with E-state index in [2.05, 4.69) is 27.8 Å². The van der Waals surface area contributed by atoms with E-state index < -0.39 is 15.9 Å². The molecule has 0 aliphatic carbocycles. The maximum absolute atomic E-state index is 12.4. The second kappa shape index (κ2) is 8.86. The number of nitrogens with zero attached hydrogens (tertiary/aromatic N) is 1. The fourth-order valence-corrected chi connectivity index (χ4v) is 3.42. The third-order valence-corrected chi connectivity index (χ3v) is 4.90. The molecule has 1 amide bonds. The fourth-order valence-electron chi connectivity index (χ4n) is 2.18. The zero-order valence-corrected chi connectivity index (χ0v) is 16.6. The Bertz CT molecular complexity index is 900. The lowest BCUT2D eigenvalue weighted by atomic mass is 10.3. The Morgan fingerprint density at radius 1 is 1.27 bits per heavy atom. The highest BCUT2D eigenvalue weighted by Crippen LogP contribution is 2.22. The number of carbonyl (C=O) groups is 1. The number of anilines is 2. The van der Waals surface area contributed by atoms with Crippen molar-refractivity contribution < 1.29 is 17.9 Å². The van der Waals surface area contributed by atoms with Crippen LogP contribution in [-0.2, 0) is 14.8 Å². The summed E-state index contributed by atoms with van der Waals surface area (Å²) in [5.74, 6) is 0.117. The van der Waals surface area contributed by atoms with Crippen molar-refractivity contribution in [2.75, 3.05) is 29.0 Å². The van der Waals surface area contributed by atoms with Crippen LogP contribution in [0.25, 0.3) is 0 Å². The van der Waals surface area contributed by atoms with Gasteiger partial charge in [0.1, 0.15) is 18.9 Å². The minimum Gasteiger partial charge on any atom is -0.489 e. The first-order valence-electron chi connectivity index (χ1n) is 7.66. The third-order valence-electron chi connectivity index (χ3n) is 3.27. The van der Waals surface area contributed by atoms with Crippen LogP contribution in [0.4, 0.5) is 11.4 Å². The summed E-state index contributed by atoms with van der Waals surface area (Å²) in [5, 5.41) is 2.68. The Balaban J connectivity index is 2.14. The molecule has 0 saturated heterocycles. The van der Waals surface area contributed by atoms with Crippen LogP contribution in [0.2, 0.25) is 0 Å². The second-order valence-electron chi connectivity index (χ2n) is 5.43. The van der Waals surface area contributed by atoms with E-state index in [0.717, 1.165) is 15.0 Å². The van der Waals surface area contributed by atoms with Crippen molar-refractivity contribution in [3.63, 3.8) is 0 Å². The van der Waals surface area contributed by atoms with E-state index in [-0.39, 0.29) is 6.54 Å². The lowest BCUT2D eigenvalue weighted by molar-refractivity contribution is -0.114. The molecule has 1 N–H and O–H groups in total. The van der Waals surface area contributed by atoms with E-state index in [9.17, 15) is 13.2 Å². The number of amides is 1. The van der Waals surface area contributed by atoms with E-state index in [0.29, 0.717) is 23.7 Å². The van der Waals surface area contributed by atoms with Gasteiger partial charge in [-0.15, -0.1) is 0 Å². The number of rotatable bonds is 8. The molecule has 0 aromatic heterocycles. The van der Waals surface area contributed by atoms with Gasteiger partial charge in [0.2, 0.25) is 15.9 Å². The monoisotopic (exact) mass is 438 g/mol. The fraction of sp³-hybridized carbons (Fsp3) is 0.167. The highest BCUT2D eigenvalue weighted by atomic mass is 79.9. The van der Waals surface area contributed by atoms with Crippen LogP contribution in [0.15, 0.2) is 65.7 Å². The van der Waals surface area contributed by atoms with Gasteiger partial charge >= 0.3 is 0 Å². The Kier molecular flexibility index (Phi) is 6.82. The van der Waals surface area contributed by atoms with Crippen LogP contribution in [-0.4, -0.2) is 33.7 Å². The molecule has 0 unspecified atom stereocenters. The van der Waals surface area contributed by atoms with Gasteiger partial charge in [-0.25, -0.2) is 8.42 Å². The first-order valence-corrected chi connectivity index (χ1v) is 10.3. The van der Waals surface area contributed by atoms with Gasteiger partial charge in [0.15, 0.2) is 0 Å². The Morgan fingerprint density at radius 3 is 2.65 bits per heavy atom. The average Bonchev–Trinajstić information content (AvgIpc) is 2.57. The SMILES string of the molecule is C=CCOc1cccc(NC(=O)CN(c2cccc(Br)c2)S(C)(=O)=O)c1. The van der Waals surface area contributed by atoms with Gasteiger partial charge < -0.3 is 10.1 Å². The maximum Gasteiger partial charge on any atom is 0.245 e.